The maximum atomic E-state index is 12.7. The Morgan fingerprint density at radius 1 is 1.16 bits per heavy atom. The molecule has 1 amide bonds. The highest BCUT2D eigenvalue weighted by atomic mass is 32.1. The number of carbonyl (C=O) groups is 1. The van der Waals surface area contributed by atoms with Crippen molar-refractivity contribution in [3.05, 3.63) is 63.1 Å². The average Bonchev–Trinajstić information content (AvgIpc) is 2.97. The zero-order valence-corrected chi connectivity index (χ0v) is 13.0. The molecular formula is C15H8F3N3O3S. The van der Waals surface area contributed by atoms with E-state index in [4.69, 9.17) is 0 Å². The molecule has 0 saturated heterocycles. The second-order valence-electron chi connectivity index (χ2n) is 4.96. The predicted octanol–water partition coefficient (Wildman–Crippen LogP) is 4.48. The Balaban J connectivity index is 1.83. The summed E-state index contributed by atoms with van der Waals surface area (Å²) in [6, 6.07) is 8.23. The molecule has 0 bridgehead atoms. The maximum Gasteiger partial charge on any atom is 0.416 e. The van der Waals surface area contributed by atoms with Crippen molar-refractivity contribution in [3.8, 4) is 0 Å². The molecule has 0 atom stereocenters. The van der Waals surface area contributed by atoms with Gasteiger partial charge < -0.3 is 5.32 Å². The number of hydrogen-bond acceptors (Lipinski definition) is 5. The Labute approximate surface area is 142 Å². The Bertz CT molecular complexity index is 968. The monoisotopic (exact) mass is 367 g/mol. The van der Waals surface area contributed by atoms with E-state index in [1.165, 1.54) is 30.3 Å². The van der Waals surface area contributed by atoms with Crippen LogP contribution in [0.15, 0.2) is 42.5 Å². The van der Waals surface area contributed by atoms with Crippen LogP contribution < -0.4 is 5.32 Å². The summed E-state index contributed by atoms with van der Waals surface area (Å²) in [4.78, 5) is 26.1. The Morgan fingerprint density at radius 3 is 2.44 bits per heavy atom. The van der Waals surface area contributed by atoms with Crippen LogP contribution in [0.25, 0.3) is 10.2 Å². The topological polar surface area (TPSA) is 85.1 Å². The third kappa shape index (κ3) is 3.58. The number of carbonyl (C=O) groups excluding carboxylic acids is 1. The van der Waals surface area contributed by atoms with Crippen molar-refractivity contribution in [2.45, 2.75) is 6.18 Å². The van der Waals surface area contributed by atoms with Gasteiger partial charge in [-0.15, -0.1) is 11.3 Å². The SMILES string of the molecule is O=C(Nc1ccc([N+](=O)[O-])cc1)c1nc2cc(C(F)(F)F)ccc2s1. The fraction of sp³-hybridized carbons (Fsp3) is 0.0667. The molecule has 1 N–H and O–H groups in total. The van der Waals surface area contributed by atoms with Gasteiger partial charge in [-0.3, -0.25) is 14.9 Å². The van der Waals surface area contributed by atoms with E-state index in [-0.39, 0.29) is 16.2 Å². The van der Waals surface area contributed by atoms with E-state index in [9.17, 15) is 28.1 Å². The first kappa shape index (κ1) is 16.8. The first-order valence-electron chi connectivity index (χ1n) is 6.77. The molecule has 3 rings (SSSR count). The van der Waals surface area contributed by atoms with Gasteiger partial charge in [0.25, 0.3) is 11.6 Å². The van der Waals surface area contributed by atoms with Gasteiger partial charge in [-0.1, -0.05) is 0 Å². The van der Waals surface area contributed by atoms with Crippen molar-refractivity contribution in [2.75, 3.05) is 5.32 Å². The lowest BCUT2D eigenvalue weighted by atomic mass is 10.2. The molecular weight excluding hydrogens is 359 g/mol. The minimum Gasteiger partial charge on any atom is -0.320 e. The number of nitrogens with zero attached hydrogens (tertiary/aromatic N) is 2. The van der Waals surface area contributed by atoms with Gasteiger partial charge in [0.2, 0.25) is 0 Å². The standard InChI is InChI=1S/C15H8F3N3O3S/c16-15(17,18)8-1-6-12-11(7-8)20-14(25-12)13(22)19-9-2-4-10(5-3-9)21(23)24/h1-7H,(H,19,22). The van der Waals surface area contributed by atoms with E-state index >= 15 is 0 Å². The molecule has 0 spiro atoms. The maximum absolute atomic E-state index is 12.7. The van der Waals surface area contributed by atoms with Crippen LogP contribution in [0.1, 0.15) is 15.4 Å². The summed E-state index contributed by atoms with van der Waals surface area (Å²) in [6.45, 7) is 0. The summed E-state index contributed by atoms with van der Waals surface area (Å²) in [5, 5.41) is 13.1. The summed E-state index contributed by atoms with van der Waals surface area (Å²) in [7, 11) is 0. The number of fused-ring (bicyclic) bond motifs is 1. The number of thiazole rings is 1. The lowest BCUT2D eigenvalue weighted by Crippen LogP contribution is -2.11. The van der Waals surface area contributed by atoms with Gasteiger partial charge in [0, 0.05) is 17.8 Å². The van der Waals surface area contributed by atoms with Gasteiger partial charge in [-0.25, -0.2) is 4.98 Å². The third-order valence-corrected chi connectivity index (χ3v) is 4.28. The van der Waals surface area contributed by atoms with Crippen molar-refractivity contribution in [3.63, 3.8) is 0 Å². The smallest absolute Gasteiger partial charge is 0.320 e. The molecule has 0 aliphatic heterocycles. The summed E-state index contributed by atoms with van der Waals surface area (Å²) >= 11 is 0.953. The van der Waals surface area contributed by atoms with E-state index in [0.717, 1.165) is 23.5 Å². The van der Waals surface area contributed by atoms with Gasteiger partial charge in [0.1, 0.15) is 0 Å². The van der Waals surface area contributed by atoms with Crippen LogP contribution in [0.5, 0.6) is 0 Å². The molecule has 128 valence electrons. The molecule has 25 heavy (non-hydrogen) atoms. The van der Waals surface area contributed by atoms with Gasteiger partial charge in [-0.2, -0.15) is 13.2 Å². The number of halogens is 3. The van der Waals surface area contributed by atoms with Crippen LogP contribution in [0.4, 0.5) is 24.5 Å². The van der Waals surface area contributed by atoms with Crippen LogP contribution in [-0.4, -0.2) is 15.8 Å². The Morgan fingerprint density at radius 2 is 1.84 bits per heavy atom. The molecule has 0 unspecified atom stereocenters. The third-order valence-electron chi connectivity index (χ3n) is 3.25. The number of benzene rings is 2. The average molecular weight is 367 g/mol. The molecule has 1 heterocycles. The van der Waals surface area contributed by atoms with E-state index in [2.05, 4.69) is 10.3 Å². The van der Waals surface area contributed by atoms with E-state index in [1.54, 1.807) is 0 Å². The number of anilines is 1. The summed E-state index contributed by atoms with van der Waals surface area (Å²) in [5.41, 5.74) is -0.579. The first-order chi connectivity index (χ1) is 11.7. The zero-order valence-electron chi connectivity index (χ0n) is 12.2. The van der Waals surface area contributed by atoms with Gasteiger partial charge >= 0.3 is 6.18 Å². The fourth-order valence-corrected chi connectivity index (χ4v) is 2.89. The summed E-state index contributed by atoms with van der Waals surface area (Å²) in [5.74, 6) is -0.608. The Hall–Kier alpha value is -3.01. The highest BCUT2D eigenvalue weighted by Gasteiger charge is 2.31. The van der Waals surface area contributed by atoms with Crippen LogP contribution in [-0.2, 0) is 6.18 Å². The van der Waals surface area contributed by atoms with Crippen molar-refractivity contribution in [2.24, 2.45) is 0 Å². The second kappa shape index (κ2) is 6.13. The Kier molecular flexibility index (Phi) is 4.13. The number of non-ortho nitro benzene ring substituents is 1. The zero-order chi connectivity index (χ0) is 18.2. The molecule has 3 aromatic rings. The second-order valence-corrected chi connectivity index (χ2v) is 5.99. The number of nitro benzene ring substituents is 1. The molecule has 10 heteroatoms. The minimum atomic E-state index is -4.49. The van der Waals surface area contributed by atoms with Gasteiger partial charge in [0.15, 0.2) is 5.01 Å². The highest BCUT2D eigenvalue weighted by Crippen LogP contribution is 2.33. The van der Waals surface area contributed by atoms with Gasteiger partial charge in [0.05, 0.1) is 20.7 Å². The number of rotatable bonds is 3. The number of amides is 1. The lowest BCUT2D eigenvalue weighted by Gasteiger charge is -2.04. The van der Waals surface area contributed by atoms with Crippen molar-refractivity contribution in [1.29, 1.82) is 0 Å². The van der Waals surface area contributed by atoms with Crippen LogP contribution in [0.2, 0.25) is 0 Å². The van der Waals surface area contributed by atoms with Crippen LogP contribution >= 0.6 is 11.3 Å². The highest BCUT2D eigenvalue weighted by molar-refractivity contribution is 7.20. The van der Waals surface area contributed by atoms with Crippen LogP contribution in [0, 0.1) is 10.1 Å². The summed E-state index contributed by atoms with van der Waals surface area (Å²) in [6.07, 6.45) is -4.49. The molecule has 0 saturated carbocycles. The first-order valence-corrected chi connectivity index (χ1v) is 7.59. The molecule has 0 aliphatic rings. The number of hydrogen-bond donors (Lipinski definition) is 1. The molecule has 0 aliphatic carbocycles. The fourth-order valence-electron chi connectivity index (χ4n) is 2.05. The molecule has 6 nitrogen and oxygen atoms in total. The number of aromatic nitrogens is 1. The van der Waals surface area contributed by atoms with E-state index in [1.807, 2.05) is 0 Å². The summed E-state index contributed by atoms with van der Waals surface area (Å²) < 4.78 is 38.6. The predicted molar refractivity (Wildman–Crippen MR) is 85.7 cm³/mol. The van der Waals surface area contributed by atoms with Crippen molar-refractivity contribution in [1.82, 2.24) is 4.98 Å². The number of nitrogens with one attached hydrogen (secondary N) is 1. The van der Waals surface area contributed by atoms with E-state index in [0.29, 0.717) is 10.4 Å². The molecule has 2 aromatic carbocycles. The largest absolute Gasteiger partial charge is 0.416 e. The number of nitro groups is 1. The minimum absolute atomic E-state index is 0.00678. The lowest BCUT2D eigenvalue weighted by molar-refractivity contribution is -0.384. The van der Waals surface area contributed by atoms with Crippen molar-refractivity contribution < 1.29 is 22.9 Å². The molecule has 0 radical (unpaired) electrons. The quantitative estimate of drug-likeness (QED) is 0.546. The normalized spacial score (nSPS) is 11.5. The van der Waals surface area contributed by atoms with Gasteiger partial charge in [-0.05, 0) is 30.3 Å². The molecule has 1 aromatic heterocycles. The van der Waals surface area contributed by atoms with Crippen LogP contribution in [0.3, 0.4) is 0 Å². The van der Waals surface area contributed by atoms with Crippen molar-refractivity contribution >= 4 is 38.8 Å². The number of alkyl halides is 3. The molecule has 0 fully saturated rings. The van der Waals surface area contributed by atoms with E-state index < -0.39 is 22.6 Å².